The topological polar surface area (TPSA) is 12.5 Å². The number of ether oxygens (including phenoxy) is 1. The van der Waals surface area contributed by atoms with Crippen LogP contribution in [0, 0.1) is 0 Å². The SMILES string of the molecule is CC=Cc1cc(N(C)C)ccc1OC(C)C. The molecule has 0 aliphatic rings. The van der Waals surface area contributed by atoms with Crippen LogP contribution < -0.4 is 9.64 Å². The maximum absolute atomic E-state index is 5.76. The van der Waals surface area contributed by atoms with Crippen LogP contribution in [0.1, 0.15) is 26.3 Å². The quantitative estimate of drug-likeness (QED) is 0.767. The molecule has 0 amide bonds. The van der Waals surface area contributed by atoms with Crippen LogP contribution in [0.3, 0.4) is 0 Å². The summed E-state index contributed by atoms with van der Waals surface area (Å²) in [6.45, 7) is 6.10. The lowest BCUT2D eigenvalue weighted by molar-refractivity contribution is 0.242. The summed E-state index contributed by atoms with van der Waals surface area (Å²) in [6, 6.07) is 6.24. The number of anilines is 1. The third-order valence-corrected chi connectivity index (χ3v) is 2.22. The normalized spacial score (nSPS) is 11.1. The summed E-state index contributed by atoms with van der Waals surface area (Å²) in [6.07, 6.45) is 4.31. The monoisotopic (exact) mass is 219 g/mol. The average molecular weight is 219 g/mol. The first-order valence-corrected chi connectivity index (χ1v) is 5.65. The van der Waals surface area contributed by atoms with Gasteiger partial charge in [-0.15, -0.1) is 0 Å². The van der Waals surface area contributed by atoms with Gasteiger partial charge in [0.2, 0.25) is 0 Å². The first kappa shape index (κ1) is 12.6. The second-order valence-corrected chi connectivity index (χ2v) is 4.28. The molecule has 0 spiro atoms. The molecule has 0 bridgehead atoms. The van der Waals surface area contributed by atoms with E-state index in [0.29, 0.717) is 0 Å². The molecular weight excluding hydrogens is 198 g/mol. The second-order valence-electron chi connectivity index (χ2n) is 4.28. The fourth-order valence-corrected chi connectivity index (χ4v) is 1.49. The minimum atomic E-state index is 0.203. The molecule has 0 saturated carbocycles. The maximum atomic E-state index is 5.76. The summed E-state index contributed by atoms with van der Waals surface area (Å²) in [5, 5.41) is 0. The molecule has 0 aliphatic carbocycles. The zero-order valence-electron chi connectivity index (χ0n) is 10.8. The third-order valence-electron chi connectivity index (χ3n) is 2.22. The van der Waals surface area contributed by atoms with Gasteiger partial charge in [0.25, 0.3) is 0 Å². The molecule has 16 heavy (non-hydrogen) atoms. The highest BCUT2D eigenvalue weighted by Gasteiger charge is 2.05. The molecule has 1 aromatic carbocycles. The van der Waals surface area contributed by atoms with Crippen LogP contribution in [0.4, 0.5) is 5.69 Å². The minimum absolute atomic E-state index is 0.203. The van der Waals surface area contributed by atoms with E-state index in [1.54, 1.807) is 0 Å². The molecule has 0 heterocycles. The molecule has 0 aliphatic heterocycles. The van der Waals surface area contributed by atoms with Gasteiger partial charge in [0.05, 0.1) is 6.10 Å². The van der Waals surface area contributed by atoms with E-state index in [9.17, 15) is 0 Å². The Kier molecular flexibility index (Phi) is 4.41. The Morgan fingerprint density at radius 1 is 1.25 bits per heavy atom. The Morgan fingerprint density at radius 2 is 1.94 bits per heavy atom. The van der Waals surface area contributed by atoms with E-state index in [-0.39, 0.29) is 6.10 Å². The molecule has 2 heteroatoms. The van der Waals surface area contributed by atoms with Gasteiger partial charge in [-0.25, -0.2) is 0 Å². The van der Waals surface area contributed by atoms with E-state index in [4.69, 9.17) is 4.74 Å². The van der Waals surface area contributed by atoms with Crippen LogP contribution >= 0.6 is 0 Å². The van der Waals surface area contributed by atoms with Gasteiger partial charge in [0.15, 0.2) is 0 Å². The van der Waals surface area contributed by atoms with Crippen LogP contribution in [-0.2, 0) is 0 Å². The van der Waals surface area contributed by atoms with Crippen molar-refractivity contribution in [3.63, 3.8) is 0 Å². The fourth-order valence-electron chi connectivity index (χ4n) is 1.49. The molecule has 1 aromatic rings. The number of hydrogen-bond acceptors (Lipinski definition) is 2. The molecular formula is C14H21NO. The Labute approximate surface area is 98.5 Å². The predicted octanol–water partition coefficient (Wildman–Crippen LogP) is 3.57. The summed E-state index contributed by atoms with van der Waals surface area (Å²) >= 11 is 0. The Bertz CT molecular complexity index is 367. The first-order valence-electron chi connectivity index (χ1n) is 5.65. The number of benzene rings is 1. The molecule has 1 rings (SSSR count). The van der Waals surface area contributed by atoms with Gasteiger partial charge in [0, 0.05) is 25.3 Å². The zero-order chi connectivity index (χ0) is 12.1. The van der Waals surface area contributed by atoms with Crippen LogP contribution in [0.2, 0.25) is 0 Å². The molecule has 0 aromatic heterocycles. The third kappa shape index (κ3) is 3.30. The van der Waals surface area contributed by atoms with Crippen LogP contribution in [-0.4, -0.2) is 20.2 Å². The summed E-state index contributed by atoms with van der Waals surface area (Å²) in [7, 11) is 4.08. The van der Waals surface area contributed by atoms with Crippen molar-refractivity contribution >= 4 is 11.8 Å². The predicted molar refractivity (Wildman–Crippen MR) is 71.2 cm³/mol. The Morgan fingerprint density at radius 3 is 2.44 bits per heavy atom. The van der Waals surface area contributed by atoms with Crippen LogP contribution in [0.15, 0.2) is 24.3 Å². The molecule has 0 unspecified atom stereocenters. The molecule has 0 radical (unpaired) electrons. The van der Waals surface area contributed by atoms with Gasteiger partial charge in [-0.05, 0) is 39.0 Å². The lowest BCUT2D eigenvalue weighted by atomic mass is 10.1. The van der Waals surface area contributed by atoms with Crippen molar-refractivity contribution in [2.45, 2.75) is 26.9 Å². The van der Waals surface area contributed by atoms with E-state index in [2.05, 4.69) is 23.1 Å². The Hall–Kier alpha value is -1.44. The first-order chi connectivity index (χ1) is 7.54. The molecule has 2 nitrogen and oxygen atoms in total. The second kappa shape index (κ2) is 5.59. The molecule has 0 N–H and O–H groups in total. The van der Waals surface area contributed by atoms with Crippen molar-refractivity contribution in [1.29, 1.82) is 0 Å². The van der Waals surface area contributed by atoms with Gasteiger partial charge in [0.1, 0.15) is 5.75 Å². The fraction of sp³-hybridized carbons (Fsp3) is 0.429. The van der Waals surface area contributed by atoms with E-state index in [1.807, 2.05) is 47.0 Å². The van der Waals surface area contributed by atoms with Crippen molar-refractivity contribution < 1.29 is 4.74 Å². The van der Waals surface area contributed by atoms with Gasteiger partial charge in [-0.2, -0.15) is 0 Å². The van der Waals surface area contributed by atoms with Crippen LogP contribution in [0.25, 0.3) is 6.08 Å². The van der Waals surface area contributed by atoms with Crippen molar-refractivity contribution in [1.82, 2.24) is 0 Å². The number of rotatable bonds is 4. The van der Waals surface area contributed by atoms with E-state index >= 15 is 0 Å². The van der Waals surface area contributed by atoms with Crippen molar-refractivity contribution in [3.8, 4) is 5.75 Å². The zero-order valence-corrected chi connectivity index (χ0v) is 10.8. The summed E-state index contributed by atoms with van der Waals surface area (Å²) < 4.78 is 5.76. The maximum Gasteiger partial charge on any atom is 0.127 e. The summed E-state index contributed by atoms with van der Waals surface area (Å²) in [4.78, 5) is 2.09. The summed E-state index contributed by atoms with van der Waals surface area (Å²) in [5.41, 5.74) is 2.31. The number of hydrogen-bond donors (Lipinski definition) is 0. The number of allylic oxidation sites excluding steroid dienone is 1. The average Bonchev–Trinajstić information content (AvgIpc) is 2.20. The van der Waals surface area contributed by atoms with Crippen molar-refractivity contribution in [3.05, 3.63) is 29.8 Å². The highest BCUT2D eigenvalue weighted by atomic mass is 16.5. The minimum Gasteiger partial charge on any atom is -0.490 e. The van der Waals surface area contributed by atoms with Crippen LogP contribution in [0.5, 0.6) is 5.75 Å². The Balaban J connectivity index is 3.08. The van der Waals surface area contributed by atoms with E-state index < -0.39 is 0 Å². The molecule has 0 fully saturated rings. The van der Waals surface area contributed by atoms with E-state index in [1.165, 1.54) is 5.69 Å². The largest absolute Gasteiger partial charge is 0.490 e. The van der Waals surface area contributed by atoms with Crippen molar-refractivity contribution in [2.75, 3.05) is 19.0 Å². The summed E-state index contributed by atoms with van der Waals surface area (Å²) in [5.74, 6) is 0.943. The molecule has 88 valence electrons. The highest BCUT2D eigenvalue weighted by Crippen LogP contribution is 2.26. The van der Waals surface area contributed by atoms with Gasteiger partial charge in [-0.1, -0.05) is 12.2 Å². The van der Waals surface area contributed by atoms with Gasteiger partial charge >= 0.3 is 0 Å². The lowest BCUT2D eigenvalue weighted by Gasteiger charge is -2.17. The molecule has 0 saturated heterocycles. The van der Waals surface area contributed by atoms with E-state index in [0.717, 1.165) is 11.3 Å². The smallest absolute Gasteiger partial charge is 0.127 e. The standard InChI is InChI=1S/C14H21NO/c1-6-7-12-10-13(15(4)5)8-9-14(12)16-11(2)3/h6-11H,1-5H3. The van der Waals surface area contributed by atoms with Crippen molar-refractivity contribution in [2.24, 2.45) is 0 Å². The number of nitrogens with zero attached hydrogens (tertiary/aromatic N) is 1. The lowest BCUT2D eigenvalue weighted by Crippen LogP contribution is -2.10. The highest BCUT2D eigenvalue weighted by molar-refractivity contribution is 5.64. The van der Waals surface area contributed by atoms with Gasteiger partial charge in [-0.3, -0.25) is 0 Å². The molecule has 0 atom stereocenters. The van der Waals surface area contributed by atoms with Gasteiger partial charge < -0.3 is 9.64 Å².